The topological polar surface area (TPSA) is 43.1 Å². The van der Waals surface area contributed by atoms with E-state index in [-0.39, 0.29) is 11.8 Å². The Morgan fingerprint density at radius 1 is 1.50 bits per heavy atom. The van der Waals surface area contributed by atoms with Crippen molar-refractivity contribution >= 4 is 25.7 Å². The molecule has 0 aromatic rings. The van der Waals surface area contributed by atoms with Crippen LogP contribution in [0.15, 0.2) is 0 Å². The molecule has 2 nitrogen and oxygen atoms in total. The molecule has 0 aliphatic carbocycles. The van der Waals surface area contributed by atoms with Crippen molar-refractivity contribution in [2.24, 2.45) is 11.7 Å². The first-order valence-electron chi connectivity index (χ1n) is 3.51. The van der Waals surface area contributed by atoms with Gasteiger partial charge >= 0.3 is 68.8 Å². The molecule has 2 N–H and O–H groups in total. The van der Waals surface area contributed by atoms with Crippen LogP contribution in [0.1, 0.15) is 12.8 Å². The van der Waals surface area contributed by atoms with Crippen LogP contribution in [0.4, 0.5) is 0 Å². The Morgan fingerprint density at radius 2 is 2.00 bits per heavy atom. The molecule has 10 heavy (non-hydrogen) atoms. The van der Waals surface area contributed by atoms with Crippen molar-refractivity contribution in [1.82, 2.24) is 0 Å². The molecule has 0 atom stereocenters. The van der Waals surface area contributed by atoms with Gasteiger partial charge in [-0.05, 0) is 0 Å². The molecular weight excluding hydrogens is 241 g/mol. The predicted molar refractivity (Wildman–Crippen MR) is 51.6 cm³/mol. The molecular formula is C7H14INO. The molecule has 0 saturated carbocycles. The van der Waals surface area contributed by atoms with Crippen molar-refractivity contribution in [2.45, 2.75) is 12.8 Å². The fraction of sp³-hybridized carbons (Fsp3) is 0.857. The van der Waals surface area contributed by atoms with Crippen LogP contribution in [0.5, 0.6) is 0 Å². The van der Waals surface area contributed by atoms with E-state index in [1.807, 2.05) is 0 Å². The SMILES string of the molecule is CI1CCC(C(N)=O)CC1. The first kappa shape index (κ1) is 8.30. The van der Waals surface area contributed by atoms with Gasteiger partial charge in [-0.3, -0.25) is 0 Å². The van der Waals surface area contributed by atoms with Crippen molar-refractivity contribution < 1.29 is 4.79 Å². The molecule has 0 aromatic carbocycles. The van der Waals surface area contributed by atoms with E-state index in [0.29, 0.717) is 0 Å². The fourth-order valence-corrected chi connectivity index (χ4v) is 5.33. The summed E-state index contributed by atoms with van der Waals surface area (Å²) < 4.78 is 2.66. The summed E-state index contributed by atoms with van der Waals surface area (Å²) in [5.41, 5.74) is 5.19. The summed E-state index contributed by atoms with van der Waals surface area (Å²) in [5.74, 6) is 0.137. The third-order valence-corrected chi connectivity index (χ3v) is 6.89. The minimum absolute atomic E-state index is 0.0797. The third kappa shape index (κ3) is 2.11. The molecule has 0 bridgehead atoms. The zero-order valence-corrected chi connectivity index (χ0v) is 8.43. The van der Waals surface area contributed by atoms with Gasteiger partial charge < -0.3 is 0 Å². The number of carbonyl (C=O) groups is 1. The number of nitrogens with two attached hydrogens (primary N) is 1. The van der Waals surface area contributed by atoms with Gasteiger partial charge in [0.05, 0.1) is 0 Å². The summed E-state index contributed by atoms with van der Waals surface area (Å²) in [6, 6.07) is 0. The summed E-state index contributed by atoms with van der Waals surface area (Å²) in [6.07, 6.45) is 2.16. The molecule has 0 aromatic heterocycles. The molecule has 1 aliphatic rings. The summed E-state index contributed by atoms with van der Waals surface area (Å²) >= 11 is -0.533. The number of amides is 1. The van der Waals surface area contributed by atoms with Gasteiger partial charge in [0.2, 0.25) is 0 Å². The van der Waals surface area contributed by atoms with E-state index in [1.165, 1.54) is 8.86 Å². The van der Waals surface area contributed by atoms with Gasteiger partial charge in [-0.2, -0.15) is 0 Å². The van der Waals surface area contributed by atoms with Crippen molar-refractivity contribution in [2.75, 3.05) is 13.8 Å². The van der Waals surface area contributed by atoms with Crippen molar-refractivity contribution in [1.29, 1.82) is 0 Å². The van der Waals surface area contributed by atoms with Gasteiger partial charge in [0.25, 0.3) is 0 Å². The average molecular weight is 255 g/mol. The minimum atomic E-state index is -0.533. The van der Waals surface area contributed by atoms with Gasteiger partial charge in [-0.25, -0.2) is 0 Å². The number of carbonyl (C=O) groups excluding carboxylic acids is 1. The van der Waals surface area contributed by atoms with Gasteiger partial charge in [-0.1, -0.05) is 0 Å². The van der Waals surface area contributed by atoms with Crippen LogP contribution < -0.4 is 5.73 Å². The predicted octanol–water partition coefficient (Wildman–Crippen LogP) is 1.02. The third-order valence-electron chi connectivity index (χ3n) is 1.96. The van der Waals surface area contributed by atoms with E-state index in [0.717, 1.165) is 12.8 Å². The summed E-state index contributed by atoms with van der Waals surface area (Å²) in [4.78, 5) is 13.1. The number of rotatable bonds is 1. The van der Waals surface area contributed by atoms with Gasteiger partial charge in [-0.15, -0.1) is 0 Å². The summed E-state index contributed by atoms with van der Waals surface area (Å²) in [5, 5.41) is 0. The Hall–Kier alpha value is 0.200. The normalized spacial score (nSPS) is 24.7. The molecule has 1 heterocycles. The molecule has 0 unspecified atom stereocenters. The maximum absolute atomic E-state index is 10.7. The zero-order valence-electron chi connectivity index (χ0n) is 6.27. The Bertz CT molecular complexity index is 130. The molecule has 1 fully saturated rings. The summed E-state index contributed by atoms with van der Waals surface area (Å²) in [6.45, 7) is 0. The average Bonchev–Trinajstić information content (AvgIpc) is 1.88. The van der Waals surface area contributed by atoms with Crippen molar-refractivity contribution in [3.63, 3.8) is 0 Å². The van der Waals surface area contributed by atoms with Crippen LogP contribution in [0.25, 0.3) is 0 Å². The van der Waals surface area contributed by atoms with E-state index in [4.69, 9.17) is 5.73 Å². The number of alkyl halides is 3. The van der Waals surface area contributed by atoms with Gasteiger partial charge in [0, 0.05) is 0 Å². The fourth-order valence-electron chi connectivity index (χ4n) is 1.16. The first-order valence-corrected chi connectivity index (χ1v) is 8.72. The van der Waals surface area contributed by atoms with Crippen LogP contribution in [0.3, 0.4) is 0 Å². The molecule has 3 heteroatoms. The number of hydrogen-bond acceptors (Lipinski definition) is 1. The van der Waals surface area contributed by atoms with E-state index >= 15 is 0 Å². The Balaban J connectivity index is 2.33. The molecule has 0 spiro atoms. The number of halogens is 1. The van der Waals surface area contributed by atoms with Crippen LogP contribution in [-0.4, -0.2) is 19.7 Å². The zero-order chi connectivity index (χ0) is 7.56. The van der Waals surface area contributed by atoms with Crippen LogP contribution in [-0.2, 0) is 4.79 Å². The van der Waals surface area contributed by atoms with E-state index < -0.39 is 19.8 Å². The molecule has 0 radical (unpaired) electrons. The van der Waals surface area contributed by atoms with Crippen LogP contribution in [0.2, 0.25) is 0 Å². The second kappa shape index (κ2) is 3.55. The second-order valence-corrected chi connectivity index (χ2v) is 9.07. The maximum atomic E-state index is 10.7. The van der Waals surface area contributed by atoms with Gasteiger partial charge in [0.15, 0.2) is 0 Å². The number of primary amides is 1. The Morgan fingerprint density at radius 3 is 2.40 bits per heavy atom. The molecule has 60 valence electrons. The first-order chi connectivity index (χ1) is 4.70. The van der Waals surface area contributed by atoms with Gasteiger partial charge in [0.1, 0.15) is 0 Å². The van der Waals surface area contributed by atoms with E-state index in [1.54, 1.807) is 0 Å². The standard InChI is InChI=1S/C7H14INO/c1-8-4-2-6(3-5-8)7(9)10/h6H,2-5H2,1H3,(H2,9,10). The van der Waals surface area contributed by atoms with Crippen LogP contribution >= 0.6 is 19.8 Å². The molecule has 1 saturated heterocycles. The monoisotopic (exact) mass is 255 g/mol. The van der Waals surface area contributed by atoms with E-state index in [9.17, 15) is 4.79 Å². The van der Waals surface area contributed by atoms with Crippen molar-refractivity contribution in [3.8, 4) is 0 Å². The number of hydrogen-bond donors (Lipinski definition) is 1. The Kier molecular flexibility index (Phi) is 2.95. The Labute approximate surface area is 68.9 Å². The molecule has 1 rings (SSSR count). The quantitative estimate of drug-likeness (QED) is 0.551. The molecule has 1 aliphatic heterocycles. The molecule has 1 amide bonds. The second-order valence-electron chi connectivity index (χ2n) is 2.78. The summed E-state index contributed by atoms with van der Waals surface area (Å²) in [7, 11) is 0. The van der Waals surface area contributed by atoms with E-state index in [2.05, 4.69) is 4.93 Å². The van der Waals surface area contributed by atoms with Crippen LogP contribution in [0, 0.1) is 5.92 Å². The van der Waals surface area contributed by atoms with Crippen molar-refractivity contribution in [3.05, 3.63) is 0 Å².